The number of halogens is 3. The highest BCUT2D eigenvalue weighted by Crippen LogP contribution is 2.39. The Bertz CT molecular complexity index is 1010. The van der Waals surface area contributed by atoms with Gasteiger partial charge < -0.3 is 5.11 Å². The zero-order valence-electron chi connectivity index (χ0n) is 16.7. The first kappa shape index (κ1) is 22.9. The van der Waals surface area contributed by atoms with Crippen LogP contribution in [0.3, 0.4) is 0 Å². The number of fused-ring (bicyclic) bond motifs is 2. The van der Waals surface area contributed by atoms with E-state index in [-0.39, 0.29) is 21.5 Å². The second kappa shape index (κ2) is 9.29. The average molecular weight is 488 g/mol. The summed E-state index contributed by atoms with van der Waals surface area (Å²) in [5.41, 5.74) is 0.728. The van der Waals surface area contributed by atoms with E-state index in [0.717, 1.165) is 5.69 Å². The molecule has 2 fully saturated rings. The number of rotatable bonds is 5. The van der Waals surface area contributed by atoms with Crippen molar-refractivity contribution in [3.8, 4) is 0 Å². The lowest BCUT2D eigenvalue weighted by Gasteiger charge is -2.42. The van der Waals surface area contributed by atoms with Crippen LogP contribution >= 0.6 is 23.2 Å². The minimum atomic E-state index is -4.07. The summed E-state index contributed by atoms with van der Waals surface area (Å²) in [7, 11) is -4.07. The quantitative estimate of drug-likeness (QED) is 0.695. The molecule has 10 heteroatoms. The van der Waals surface area contributed by atoms with E-state index < -0.39 is 40.9 Å². The number of aliphatic hydroxyl groups is 1. The predicted octanol–water partition coefficient (Wildman–Crippen LogP) is 3.72. The Morgan fingerprint density at radius 1 is 1.13 bits per heavy atom. The standard InChI is InChI=1S/C21H24Cl2FN3O3S/c22-15-8-16(23)10-18(9-15)31(29,30)27-19-5-3-6-20(27)21(28)26(12-14(19)11-24)13-17-4-1-2-7-25-17/h1-2,4,7-10,14,19-21,28H,3,5-6,11-13H2. The van der Waals surface area contributed by atoms with Crippen LogP contribution in [0, 0.1) is 5.92 Å². The fraction of sp³-hybridized carbons (Fsp3) is 0.476. The maximum Gasteiger partial charge on any atom is 0.243 e. The lowest BCUT2D eigenvalue weighted by molar-refractivity contribution is -0.0447. The molecule has 4 rings (SSSR count). The Morgan fingerprint density at radius 2 is 1.84 bits per heavy atom. The molecule has 0 radical (unpaired) electrons. The van der Waals surface area contributed by atoms with Gasteiger partial charge in [-0.2, -0.15) is 4.31 Å². The summed E-state index contributed by atoms with van der Waals surface area (Å²) in [5, 5.41) is 11.6. The summed E-state index contributed by atoms with van der Waals surface area (Å²) in [5.74, 6) is -0.576. The van der Waals surface area contributed by atoms with Crippen molar-refractivity contribution in [2.24, 2.45) is 5.92 Å². The molecule has 0 aliphatic carbocycles. The van der Waals surface area contributed by atoms with Crippen molar-refractivity contribution in [3.63, 3.8) is 0 Å². The number of hydrogen-bond acceptors (Lipinski definition) is 5. The molecule has 4 unspecified atom stereocenters. The molecule has 0 spiro atoms. The maximum absolute atomic E-state index is 14.2. The van der Waals surface area contributed by atoms with Gasteiger partial charge in [0.2, 0.25) is 10.0 Å². The molecule has 0 saturated carbocycles. The molecule has 1 N–H and O–H groups in total. The van der Waals surface area contributed by atoms with Crippen LogP contribution in [0.15, 0.2) is 47.5 Å². The van der Waals surface area contributed by atoms with Crippen LogP contribution in [0.4, 0.5) is 4.39 Å². The summed E-state index contributed by atoms with van der Waals surface area (Å²) in [4.78, 5) is 5.98. The number of benzene rings is 1. The lowest BCUT2D eigenvalue weighted by atomic mass is 9.91. The van der Waals surface area contributed by atoms with Crippen molar-refractivity contribution in [3.05, 3.63) is 58.3 Å². The third kappa shape index (κ3) is 4.60. The Kier molecular flexibility index (Phi) is 6.86. The van der Waals surface area contributed by atoms with Crippen molar-refractivity contribution >= 4 is 33.2 Å². The molecule has 4 atom stereocenters. The molecule has 168 valence electrons. The molecule has 3 heterocycles. The van der Waals surface area contributed by atoms with Crippen LogP contribution in [0.5, 0.6) is 0 Å². The Balaban J connectivity index is 1.74. The highest BCUT2D eigenvalue weighted by molar-refractivity contribution is 7.89. The summed E-state index contributed by atoms with van der Waals surface area (Å²) < 4.78 is 42.9. The molecule has 1 aromatic heterocycles. The van der Waals surface area contributed by atoms with Gasteiger partial charge >= 0.3 is 0 Å². The smallest absolute Gasteiger partial charge is 0.243 e. The van der Waals surface area contributed by atoms with Gasteiger partial charge in [-0.1, -0.05) is 35.7 Å². The molecule has 1 aromatic carbocycles. The number of aliphatic hydroxyl groups excluding tert-OH is 1. The van der Waals surface area contributed by atoms with Gasteiger partial charge in [-0.3, -0.25) is 14.3 Å². The van der Waals surface area contributed by atoms with E-state index in [1.807, 2.05) is 12.1 Å². The first-order valence-corrected chi connectivity index (χ1v) is 12.4. The van der Waals surface area contributed by atoms with E-state index in [9.17, 15) is 17.9 Å². The van der Waals surface area contributed by atoms with Crippen LogP contribution in [0.25, 0.3) is 0 Å². The van der Waals surface area contributed by atoms with E-state index in [1.54, 1.807) is 17.2 Å². The second-order valence-electron chi connectivity index (χ2n) is 8.08. The van der Waals surface area contributed by atoms with E-state index in [1.165, 1.54) is 22.5 Å². The number of alkyl halides is 1. The summed E-state index contributed by atoms with van der Waals surface area (Å²) >= 11 is 12.1. The highest BCUT2D eigenvalue weighted by atomic mass is 35.5. The zero-order chi connectivity index (χ0) is 22.2. The third-order valence-corrected chi connectivity index (χ3v) is 8.45. The number of piperidine rings is 1. The van der Waals surface area contributed by atoms with Crippen molar-refractivity contribution in [2.75, 3.05) is 13.2 Å². The fourth-order valence-corrected chi connectivity index (χ4v) is 7.36. The first-order valence-electron chi connectivity index (χ1n) is 10.2. The first-order chi connectivity index (χ1) is 14.8. The molecule has 2 saturated heterocycles. The van der Waals surface area contributed by atoms with Crippen LogP contribution in [-0.2, 0) is 16.6 Å². The summed E-state index contributed by atoms with van der Waals surface area (Å²) in [6.45, 7) is -0.151. The van der Waals surface area contributed by atoms with Crippen molar-refractivity contribution < 1.29 is 17.9 Å². The van der Waals surface area contributed by atoms with Gasteiger partial charge in [0.15, 0.2) is 0 Å². The van der Waals surface area contributed by atoms with E-state index in [2.05, 4.69) is 4.98 Å². The predicted molar refractivity (Wildman–Crippen MR) is 117 cm³/mol. The van der Waals surface area contributed by atoms with E-state index in [4.69, 9.17) is 23.2 Å². The summed E-state index contributed by atoms with van der Waals surface area (Å²) in [6, 6.07) is 8.34. The number of nitrogens with zero attached hydrogens (tertiary/aromatic N) is 3. The zero-order valence-corrected chi connectivity index (χ0v) is 19.1. The summed E-state index contributed by atoms with van der Waals surface area (Å²) in [6.07, 6.45) is 2.28. The fourth-order valence-electron chi connectivity index (χ4n) is 4.70. The Labute approximate surface area is 191 Å². The van der Waals surface area contributed by atoms with E-state index in [0.29, 0.717) is 25.8 Å². The molecule has 2 aliphatic heterocycles. The minimum Gasteiger partial charge on any atom is -0.377 e. The molecular formula is C21H24Cl2FN3O3S. The topological polar surface area (TPSA) is 73.7 Å². The molecule has 31 heavy (non-hydrogen) atoms. The normalized spacial score (nSPS) is 27.7. The Morgan fingerprint density at radius 3 is 2.48 bits per heavy atom. The maximum atomic E-state index is 14.2. The Hall–Kier alpha value is -1.29. The number of sulfonamides is 1. The molecule has 2 aliphatic rings. The van der Waals surface area contributed by atoms with Gasteiger partial charge in [-0.05, 0) is 43.2 Å². The van der Waals surface area contributed by atoms with Gasteiger partial charge in [0, 0.05) is 41.3 Å². The van der Waals surface area contributed by atoms with Gasteiger partial charge in [-0.15, -0.1) is 0 Å². The molecule has 6 nitrogen and oxygen atoms in total. The number of pyridine rings is 1. The second-order valence-corrected chi connectivity index (χ2v) is 10.8. The van der Waals surface area contributed by atoms with Crippen molar-refractivity contribution in [1.82, 2.24) is 14.2 Å². The number of hydrogen-bond donors (Lipinski definition) is 1. The van der Waals surface area contributed by atoms with Crippen LogP contribution in [0.2, 0.25) is 10.0 Å². The van der Waals surface area contributed by atoms with Gasteiger partial charge in [-0.25, -0.2) is 8.42 Å². The minimum absolute atomic E-state index is 0.0510. The van der Waals surface area contributed by atoms with Crippen LogP contribution in [-0.4, -0.2) is 59.2 Å². The molecule has 0 amide bonds. The lowest BCUT2D eigenvalue weighted by Crippen LogP contribution is -2.56. The molecule has 2 aromatic rings. The van der Waals surface area contributed by atoms with Crippen molar-refractivity contribution in [2.45, 2.75) is 49.0 Å². The third-order valence-electron chi connectivity index (χ3n) is 6.09. The van der Waals surface area contributed by atoms with Gasteiger partial charge in [0.25, 0.3) is 0 Å². The van der Waals surface area contributed by atoms with Gasteiger partial charge in [0.1, 0.15) is 6.23 Å². The van der Waals surface area contributed by atoms with E-state index >= 15 is 0 Å². The molecular weight excluding hydrogens is 464 g/mol. The van der Waals surface area contributed by atoms with Crippen molar-refractivity contribution in [1.29, 1.82) is 0 Å². The van der Waals surface area contributed by atoms with Crippen LogP contribution < -0.4 is 0 Å². The monoisotopic (exact) mass is 487 g/mol. The SMILES string of the molecule is O=S(=O)(c1cc(Cl)cc(Cl)c1)N1C2CCCC1C(O)N(Cc1ccccn1)CC2CF. The average Bonchev–Trinajstić information content (AvgIpc) is 2.81. The highest BCUT2D eigenvalue weighted by Gasteiger charge is 2.50. The van der Waals surface area contributed by atoms with Crippen LogP contribution in [0.1, 0.15) is 25.0 Å². The number of aromatic nitrogens is 1. The van der Waals surface area contributed by atoms with Gasteiger partial charge in [0.05, 0.1) is 23.3 Å². The largest absolute Gasteiger partial charge is 0.377 e. The molecule has 2 bridgehead atoms.